The van der Waals surface area contributed by atoms with Crippen molar-refractivity contribution in [2.75, 3.05) is 19.7 Å². The summed E-state index contributed by atoms with van der Waals surface area (Å²) in [7, 11) is 0. The number of urea groups is 1. The van der Waals surface area contributed by atoms with Gasteiger partial charge in [0.2, 0.25) is 0 Å². The van der Waals surface area contributed by atoms with Crippen molar-refractivity contribution in [3.05, 3.63) is 40.5 Å². The molecule has 0 atom stereocenters. The number of carbonyl (C=O) groups excluding carboxylic acids is 1. The molecule has 3 rings (SSSR count). The second-order valence-corrected chi connectivity index (χ2v) is 6.88. The number of likely N-dealkylation sites (tertiary alicyclic amines) is 1. The Hall–Kier alpha value is -1.99. The minimum atomic E-state index is -0.264. The number of rotatable bonds is 5. The molecule has 0 aliphatic carbocycles. The third-order valence-corrected chi connectivity index (χ3v) is 5.06. The third-order valence-electron chi connectivity index (χ3n) is 4.21. The minimum Gasteiger partial charge on any atom is -0.378 e. The van der Waals surface area contributed by atoms with Gasteiger partial charge in [0.1, 0.15) is 10.8 Å². The maximum Gasteiger partial charge on any atom is 0.317 e. The van der Waals surface area contributed by atoms with Gasteiger partial charge in [-0.15, -0.1) is 11.3 Å². The van der Waals surface area contributed by atoms with E-state index in [2.05, 4.69) is 10.3 Å². The van der Waals surface area contributed by atoms with E-state index in [9.17, 15) is 9.18 Å². The van der Waals surface area contributed by atoms with Gasteiger partial charge in [-0.05, 0) is 44.0 Å². The zero-order valence-corrected chi connectivity index (χ0v) is 15.0. The van der Waals surface area contributed by atoms with Crippen molar-refractivity contribution in [1.82, 2.24) is 15.2 Å². The molecule has 25 heavy (non-hydrogen) atoms. The molecule has 0 bridgehead atoms. The molecule has 1 aliphatic heterocycles. The van der Waals surface area contributed by atoms with Crippen LogP contribution in [0.5, 0.6) is 0 Å². The van der Waals surface area contributed by atoms with Gasteiger partial charge < -0.3 is 15.0 Å². The number of halogens is 1. The van der Waals surface area contributed by atoms with Gasteiger partial charge in [0.15, 0.2) is 0 Å². The van der Waals surface area contributed by atoms with Gasteiger partial charge in [0.05, 0.1) is 18.3 Å². The number of nitrogens with zero attached hydrogens (tertiary/aromatic N) is 2. The number of piperidine rings is 1. The molecule has 0 saturated carbocycles. The number of hydrogen-bond donors (Lipinski definition) is 1. The molecule has 1 fully saturated rings. The van der Waals surface area contributed by atoms with E-state index < -0.39 is 0 Å². The molecular formula is C18H22FN3O2S. The van der Waals surface area contributed by atoms with E-state index in [0.717, 1.165) is 48.8 Å². The number of benzene rings is 1. The fraction of sp³-hybridized carbons (Fsp3) is 0.444. The fourth-order valence-electron chi connectivity index (χ4n) is 2.87. The molecule has 7 heteroatoms. The first-order valence-electron chi connectivity index (χ1n) is 8.50. The second-order valence-electron chi connectivity index (χ2n) is 5.93. The molecule has 2 aromatic rings. The number of ether oxygens (including phenoxy) is 1. The van der Waals surface area contributed by atoms with Crippen LogP contribution < -0.4 is 5.32 Å². The van der Waals surface area contributed by atoms with E-state index in [0.29, 0.717) is 6.54 Å². The molecule has 1 N–H and O–H groups in total. The molecule has 1 saturated heterocycles. The van der Waals surface area contributed by atoms with Gasteiger partial charge >= 0.3 is 6.03 Å². The number of hydrogen-bond acceptors (Lipinski definition) is 4. The van der Waals surface area contributed by atoms with E-state index in [1.54, 1.807) is 12.1 Å². The van der Waals surface area contributed by atoms with Gasteiger partial charge in [-0.1, -0.05) is 0 Å². The average molecular weight is 363 g/mol. The normalized spacial score (nSPS) is 15.4. The first kappa shape index (κ1) is 17.8. The van der Waals surface area contributed by atoms with Crippen LogP contribution in [0.1, 0.15) is 24.8 Å². The lowest BCUT2D eigenvalue weighted by molar-refractivity contribution is 0.0220. The molecule has 1 aromatic heterocycles. The maximum absolute atomic E-state index is 13.0. The van der Waals surface area contributed by atoms with Crippen LogP contribution in [0.25, 0.3) is 11.3 Å². The molecule has 2 heterocycles. The van der Waals surface area contributed by atoms with Crippen molar-refractivity contribution in [2.45, 2.75) is 32.4 Å². The molecule has 1 aliphatic rings. The summed E-state index contributed by atoms with van der Waals surface area (Å²) in [6, 6.07) is 6.18. The Morgan fingerprint density at radius 2 is 2.08 bits per heavy atom. The average Bonchev–Trinajstić information content (AvgIpc) is 3.10. The van der Waals surface area contributed by atoms with E-state index in [4.69, 9.17) is 4.74 Å². The fourth-order valence-corrected chi connectivity index (χ4v) is 3.61. The Balaban J connectivity index is 1.49. The first-order valence-corrected chi connectivity index (χ1v) is 9.38. The standard InChI is InChI=1S/C18H22FN3O2S/c1-2-24-15-7-9-22(10-8-15)18(23)20-11-17-21-16(12-25-17)13-3-5-14(19)6-4-13/h3-6,12,15H,2,7-11H2,1H3,(H,20,23). The third kappa shape index (κ3) is 4.76. The van der Waals surface area contributed by atoms with Crippen molar-refractivity contribution < 1.29 is 13.9 Å². The molecule has 5 nitrogen and oxygen atoms in total. The number of aromatic nitrogens is 1. The summed E-state index contributed by atoms with van der Waals surface area (Å²) in [6.45, 7) is 4.55. The van der Waals surface area contributed by atoms with Crippen molar-refractivity contribution in [1.29, 1.82) is 0 Å². The van der Waals surface area contributed by atoms with Gasteiger partial charge in [0.25, 0.3) is 0 Å². The molecule has 0 radical (unpaired) electrons. The van der Waals surface area contributed by atoms with E-state index >= 15 is 0 Å². The Kier molecular flexibility index (Phi) is 5.99. The summed E-state index contributed by atoms with van der Waals surface area (Å²) in [5.74, 6) is -0.264. The smallest absolute Gasteiger partial charge is 0.317 e. The summed E-state index contributed by atoms with van der Waals surface area (Å²) >= 11 is 1.49. The summed E-state index contributed by atoms with van der Waals surface area (Å²) < 4.78 is 18.6. The van der Waals surface area contributed by atoms with Gasteiger partial charge in [0, 0.05) is 30.6 Å². The highest BCUT2D eigenvalue weighted by Gasteiger charge is 2.22. The van der Waals surface area contributed by atoms with E-state index in [-0.39, 0.29) is 18.0 Å². The summed E-state index contributed by atoms with van der Waals surface area (Å²) in [5, 5.41) is 5.67. The Morgan fingerprint density at radius 1 is 1.36 bits per heavy atom. The topological polar surface area (TPSA) is 54.5 Å². The molecule has 1 aromatic carbocycles. The first-order chi connectivity index (χ1) is 12.2. The van der Waals surface area contributed by atoms with Crippen LogP contribution in [0.15, 0.2) is 29.6 Å². The highest BCUT2D eigenvalue weighted by molar-refractivity contribution is 7.09. The number of amides is 2. The highest BCUT2D eigenvalue weighted by Crippen LogP contribution is 2.22. The van der Waals surface area contributed by atoms with Crippen LogP contribution >= 0.6 is 11.3 Å². The van der Waals surface area contributed by atoms with Crippen molar-refractivity contribution in [3.8, 4) is 11.3 Å². The lowest BCUT2D eigenvalue weighted by atomic mass is 10.1. The summed E-state index contributed by atoms with van der Waals surface area (Å²) in [5.41, 5.74) is 1.67. The lowest BCUT2D eigenvalue weighted by Crippen LogP contribution is -2.45. The number of nitrogens with one attached hydrogen (secondary N) is 1. The molecule has 2 amide bonds. The van der Waals surface area contributed by atoms with Crippen LogP contribution in [0.2, 0.25) is 0 Å². The highest BCUT2D eigenvalue weighted by atomic mass is 32.1. The van der Waals surface area contributed by atoms with Gasteiger partial charge in [-0.2, -0.15) is 0 Å². The largest absolute Gasteiger partial charge is 0.378 e. The second kappa shape index (κ2) is 8.40. The predicted octanol–water partition coefficient (Wildman–Crippen LogP) is 3.66. The number of carbonyl (C=O) groups is 1. The predicted molar refractivity (Wildman–Crippen MR) is 96.0 cm³/mol. The van der Waals surface area contributed by atoms with E-state index in [1.807, 2.05) is 17.2 Å². The summed E-state index contributed by atoms with van der Waals surface area (Å²) in [6.07, 6.45) is 2.03. The number of thiazole rings is 1. The van der Waals surface area contributed by atoms with E-state index in [1.165, 1.54) is 23.5 Å². The maximum atomic E-state index is 13.0. The van der Waals surface area contributed by atoms with Crippen LogP contribution in [-0.2, 0) is 11.3 Å². The lowest BCUT2D eigenvalue weighted by Gasteiger charge is -2.31. The Bertz CT molecular complexity index is 697. The van der Waals surface area contributed by atoms with Crippen LogP contribution in [0.3, 0.4) is 0 Å². The zero-order valence-electron chi connectivity index (χ0n) is 14.2. The van der Waals surface area contributed by atoms with Gasteiger partial charge in [-0.25, -0.2) is 14.2 Å². The quantitative estimate of drug-likeness (QED) is 0.882. The summed E-state index contributed by atoms with van der Waals surface area (Å²) in [4.78, 5) is 18.6. The monoisotopic (exact) mass is 363 g/mol. The molecule has 134 valence electrons. The Morgan fingerprint density at radius 3 is 2.76 bits per heavy atom. The van der Waals surface area contributed by atoms with Crippen LogP contribution in [-0.4, -0.2) is 41.7 Å². The van der Waals surface area contributed by atoms with Crippen molar-refractivity contribution in [2.24, 2.45) is 0 Å². The van der Waals surface area contributed by atoms with Crippen LogP contribution in [0.4, 0.5) is 9.18 Å². The van der Waals surface area contributed by atoms with Crippen molar-refractivity contribution in [3.63, 3.8) is 0 Å². The molecule has 0 spiro atoms. The minimum absolute atomic E-state index is 0.0616. The van der Waals surface area contributed by atoms with Crippen molar-refractivity contribution >= 4 is 17.4 Å². The van der Waals surface area contributed by atoms with Crippen LogP contribution in [0, 0.1) is 5.82 Å². The SMILES string of the molecule is CCOC1CCN(C(=O)NCc2nc(-c3ccc(F)cc3)cs2)CC1. The molecular weight excluding hydrogens is 341 g/mol. The van der Waals surface area contributed by atoms with Gasteiger partial charge in [-0.3, -0.25) is 0 Å². The zero-order chi connectivity index (χ0) is 17.6. The Labute approximate surface area is 150 Å². The molecule has 0 unspecified atom stereocenters.